The van der Waals surface area contributed by atoms with Crippen LogP contribution in [0.25, 0.3) is 0 Å². The van der Waals surface area contributed by atoms with E-state index in [9.17, 15) is 4.79 Å². The maximum atomic E-state index is 12.6. The van der Waals surface area contributed by atoms with Gasteiger partial charge in [-0.05, 0) is 37.2 Å². The second-order valence-electron chi connectivity index (χ2n) is 5.86. The van der Waals surface area contributed by atoms with Crippen molar-refractivity contribution in [3.05, 3.63) is 34.9 Å². The fourth-order valence-corrected chi connectivity index (χ4v) is 3.18. The van der Waals surface area contributed by atoms with Crippen molar-refractivity contribution in [2.24, 2.45) is 7.05 Å². The molecular formula is C16H21N5O2S. The number of methoxy groups -OCH3 is 1. The Labute approximate surface area is 145 Å². The van der Waals surface area contributed by atoms with Crippen molar-refractivity contribution >= 4 is 23.9 Å². The Morgan fingerprint density at radius 2 is 2.25 bits per heavy atom. The number of urea groups is 1. The number of para-hydroxylation sites is 2. The van der Waals surface area contributed by atoms with Crippen LogP contribution in [0.5, 0.6) is 5.75 Å². The number of rotatable bonds is 3. The second-order valence-corrected chi connectivity index (χ2v) is 6.25. The number of piperidine rings is 1. The first-order valence-electron chi connectivity index (χ1n) is 7.90. The number of benzene rings is 1. The Hall–Kier alpha value is -2.35. The summed E-state index contributed by atoms with van der Waals surface area (Å²) in [5.41, 5.74) is 0.672. The number of ether oxygens (including phenoxy) is 1. The van der Waals surface area contributed by atoms with Crippen LogP contribution in [-0.4, -0.2) is 45.9 Å². The molecule has 1 aromatic heterocycles. The number of H-pyrrole nitrogens is 1. The minimum Gasteiger partial charge on any atom is -0.495 e. The Morgan fingerprint density at radius 3 is 2.96 bits per heavy atom. The Bertz CT molecular complexity index is 785. The average molecular weight is 347 g/mol. The molecule has 1 fully saturated rings. The van der Waals surface area contributed by atoms with Crippen LogP contribution in [0.15, 0.2) is 24.3 Å². The third kappa shape index (κ3) is 3.28. The number of aromatic amines is 1. The van der Waals surface area contributed by atoms with E-state index in [1.165, 1.54) is 0 Å². The molecule has 0 bridgehead atoms. The minimum atomic E-state index is -0.124. The summed E-state index contributed by atoms with van der Waals surface area (Å²) in [6, 6.07) is 7.26. The molecule has 7 nitrogen and oxygen atoms in total. The molecule has 2 amide bonds. The normalized spacial score (nSPS) is 17.6. The minimum absolute atomic E-state index is 0.124. The maximum Gasteiger partial charge on any atom is 0.321 e. The van der Waals surface area contributed by atoms with Crippen LogP contribution < -0.4 is 10.1 Å². The summed E-state index contributed by atoms with van der Waals surface area (Å²) in [5, 5.41) is 10.1. The smallest absolute Gasteiger partial charge is 0.321 e. The summed E-state index contributed by atoms with van der Waals surface area (Å²) in [7, 11) is 3.49. The third-order valence-electron chi connectivity index (χ3n) is 4.34. The quantitative estimate of drug-likeness (QED) is 0.837. The lowest BCUT2D eigenvalue weighted by molar-refractivity contribution is 0.190. The molecule has 1 aromatic carbocycles. The number of aromatic nitrogens is 3. The van der Waals surface area contributed by atoms with Crippen LogP contribution in [0.3, 0.4) is 0 Å². The van der Waals surface area contributed by atoms with Gasteiger partial charge < -0.3 is 19.5 Å². The predicted octanol–water partition coefficient (Wildman–Crippen LogP) is 2.90. The van der Waals surface area contributed by atoms with Crippen molar-refractivity contribution in [1.82, 2.24) is 19.7 Å². The number of hydrogen-bond donors (Lipinski definition) is 2. The van der Waals surface area contributed by atoms with E-state index in [0.717, 1.165) is 25.2 Å². The number of nitrogens with zero attached hydrogens (tertiary/aromatic N) is 3. The molecular weight excluding hydrogens is 326 g/mol. The molecule has 0 unspecified atom stereocenters. The van der Waals surface area contributed by atoms with E-state index in [2.05, 4.69) is 15.5 Å². The average Bonchev–Trinajstić information content (AvgIpc) is 2.94. The lowest BCUT2D eigenvalue weighted by Gasteiger charge is -2.32. The Balaban J connectivity index is 1.71. The number of amides is 2. The van der Waals surface area contributed by atoms with Crippen molar-refractivity contribution in [3.8, 4) is 5.75 Å². The number of likely N-dealkylation sites (tertiary alicyclic amines) is 1. The highest BCUT2D eigenvalue weighted by Crippen LogP contribution is 2.27. The van der Waals surface area contributed by atoms with Gasteiger partial charge in [-0.15, -0.1) is 0 Å². The zero-order valence-electron chi connectivity index (χ0n) is 13.8. The first-order chi connectivity index (χ1) is 11.6. The molecule has 1 atom stereocenters. The van der Waals surface area contributed by atoms with Crippen molar-refractivity contribution in [2.75, 3.05) is 25.5 Å². The molecule has 8 heteroatoms. The summed E-state index contributed by atoms with van der Waals surface area (Å²) in [4.78, 5) is 14.4. The van der Waals surface area contributed by atoms with Gasteiger partial charge in [0.2, 0.25) is 0 Å². The molecule has 0 spiro atoms. The van der Waals surface area contributed by atoms with Crippen molar-refractivity contribution < 1.29 is 9.53 Å². The van der Waals surface area contributed by atoms with Crippen molar-refractivity contribution in [1.29, 1.82) is 0 Å². The topological polar surface area (TPSA) is 75.2 Å². The molecule has 0 saturated carbocycles. The molecule has 2 heterocycles. The van der Waals surface area contributed by atoms with E-state index >= 15 is 0 Å². The lowest BCUT2D eigenvalue weighted by atomic mass is 9.97. The van der Waals surface area contributed by atoms with Gasteiger partial charge in [-0.1, -0.05) is 12.1 Å². The van der Waals surface area contributed by atoms with Crippen molar-refractivity contribution in [2.45, 2.75) is 18.8 Å². The number of carbonyl (C=O) groups is 1. The van der Waals surface area contributed by atoms with E-state index in [1.807, 2.05) is 40.8 Å². The van der Waals surface area contributed by atoms with Gasteiger partial charge in [0.15, 0.2) is 4.77 Å². The van der Waals surface area contributed by atoms with Crippen LogP contribution in [-0.2, 0) is 7.05 Å². The molecule has 2 N–H and O–H groups in total. The van der Waals surface area contributed by atoms with E-state index in [0.29, 0.717) is 22.8 Å². The van der Waals surface area contributed by atoms with Gasteiger partial charge in [0.25, 0.3) is 0 Å². The van der Waals surface area contributed by atoms with Crippen LogP contribution in [0.4, 0.5) is 10.5 Å². The van der Waals surface area contributed by atoms with Gasteiger partial charge in [-0.2, -0.15) is 5.10 Å². The molecule has 2 aromatic rings. The molecule has 1 aliphatic rings. The second kappa shape index (κ2) is 7.04. The number of anilines is 1. The summed E-state index contributed by atoms with van der Waals surface area (Å²) in [6.07, 6.45) is 1.93. The lowest BCUT2D eigenvalue weighted by Crippen LogP contribution is -2.42. The molecule has 1 aliphatic heterocycles. The Kier molecular flexibility index (Phi) is 4.84. The molecule has 128 valence electrons. The highest BCUT2D eigenvalue weighted by molar-refractivity contribution is 7.71. The summed E-state index contributed by atoms with van der Waals surface area (Å²) >= 11 is 5.18. The highest BCUT2D eigenvalue weighted by atomic mass is 32.1. The first kappa shape index (κ1) is 16.5. The Morgan fingerprint density at radius 1 is 1.46 bits per heavy atom. The zero-order chi connectivity index (χ0) is 17.1. The fourth-order valence-electron chi connectivity index (χ4n) is 3.04. The van der Waals surface area contributed by atoms with E-state index in [-0.39, 0.29) is 11.9 Å². The predicted molar refractivity (Wildman–Crippen MR) is 94.0 cm³/mol. The van der Waals surface area contributed by atoms with E-state index in [4.69, 9.17) is 17.0 Å². The fraction of sp³-hybridized carbons (Fsp3) is 0.438. The van der Waals surface area contributed by atoms with E-state index < -0.39 is 0 Å². The SMILES string of the molecule is COc1ccccc1NC(=O)N1CCC[C@H](c2n[nH]c(=S)n2C)C1. The van der Waals surface area contributed by atoms with Crippen LogP contribution >= 0.6 is 12.2 Å². The number of carbonyl (C=O) groups excluding carboxylic acids is 1. The van der Waals surface area contributed by atoms with E-state index in [1.54, 1.807) is 7.11 Å². The van der Waals surface area contributed by atoms with Gasteiger partial charge in [0.1, 0.15) is 11.6 Å². The van der Waals surface area contributed by atoms with Gasteiger partial charge in [0.05, 0.1) is 12.8 Å². The highest BCUT2D eigenvalue weighted by Gasteiger charge is 2.28. The van der Waals surface area contributed by atoms with Gasteiger partial charge in [-0.3, -0.25) is 5.10 Å². The van der Waals surface area contributed by atoms with Crippen molar-refractivity contribution in [3.63, 3.8) is 0 Å². The largest absolute Gasteiger partial charge is 0.495 e. The van der Waals surface area contributed by atoms with Crippen LogP contribution in [0, 0.1) is 4.77 Å². The molecule has 3 rings (SSSR count). The number of hydrogen-bond acceptors (Lipinski definition) is 4. The first-order valence-corrected chi connectivity index (χ1v) is 8.31. The van der Waals surface area contributed by atoms with Crippen LogP contribution in [0.1, 0.15) is 24.6 Å². The standard InChI is InChI=1S/C16H21N5O2S/c1-20-14(18-19-16(20)24)11-6-5-9-21(10-11)15(22)17-12-7-3-4-8-13(12)23-2/h3-4,7-8,11H,5-6,9-10H2,1-2H3,(H,17,22)(H,19,24)/t11-/m0/s1. The molecule has 1 saturated heterocycles. The van der Waals surface area contributed by atoms with Gasteiger partial charge in [0, 0.05) is 26.1 Å². The summed E-state index contributed by atoms with van der Waals surface area (Å²) < 4.78 is 7.75. The monoisotopic (exact) mass is 347 g/mol. The number of nitrogens with one attached hydrogen (secondary N) is 2. The molecule has 0 radical (unpaired) electrons. The van der Waals surface area contributed by atoms with Crippen LogP contribution in [0.2, 0.25) is 0 Å². The molecule has 0 aliphatic carbocycles. The van der Waals surface area contributed by atoms with Gasteiger partial charge >= 0.3 is 6.03 Å². The molecule has 24 heavy (non-hydrogen) atoms. The van der Waals surface area contributed by atoms with Gasteiger partial charge in [-0.25, -0.2) is 4.79 Å². The summed E-state index contributed by atoms with van der Waals surface area (Å²) in [5.74, 6) is 1.73. The maximum absolute atomic E-state index is 12.6. The zero-order valence-corrected chi connectivity index (χ0v) is 14.6. The summed E-state index contributed by atoms with van der Waals surface area (Å²) in [6.45, 7) is 1.35. The third-order valence-corrected chi connectivity index (χ3v) is 4.70.